The third-order valence-electron chi connectivity index (χ3n) is 5.35. The summed E-state index contributed by atoms with van der Waals surface area (Å²) in [5.74, 6) is 0.626. The number of hydrogen-bond donors (Lipinski definition) is 2. The molecule has 162 valence electrons. The number of aliphatic hydroxyl groups excluding tert-OH is 1. The topological polar surface area (TPSA) is 99.4 Å². The number of pyridine rings is 1. The van der Waals surface area contributed by atoms with E-state index < -0.39 is 6.10 Å². The van der Waals surface area contributed by atoms with Crippen LogP contribution >= 0.6 is 0 Å². The number of amides is 1. The predicted octanol–water partition coefficient (Wildman–Crippen LogP) is 3.14. The number of carbonyl (C=O) groups is 1. The highest BCUT2D eigenvalue weighted by Gasteiger charge is 2.21. The Hall–Kier alpha value is -3.33. The number of hydrogen-bond acceptors (Lipinski definition) is 5. The SMILES string of the molecule is CCN(CCc1nc2ccc(F)cc2[nH]1)C(=O)c1ccc2nnc(C(O)C(C)C)n2c1. The Labute approximate surface area is 178 Å². The molecule has 0 aliphatic carbocycles. The van der Waals surface area contributed by atoms with Crippen molar-refractivity contribution in [2.24, 2.45) is 5.92 Å². The van der Waals surface area contributed by atoms with Crippen LogP contribution in [-0.4, -0.2) is 53.6 Å². The maximum Gasteiger partial charge on any atom is 0.255 e. The summed E-state index contributed by atoms with van der Waals surface area (Å²) in [5, 5.41) is 18.6. The van der Waals surface area contributed by atoms with E-state index in [0.29, 0.717) is 53.4 Å². The molecule has 1 aromatic carbocycles. The van der Waals surface area contributed by atoms with Crippen molar-refractivity contribution in [1.29, 1.82) is 0 Å². The molecule has 31 heavy (non-hydrogen) atoms. The van der Waals surface area contributed by atoms with E-state index in [1.165, 1.54) is 12.1 Å². The number of aromatic nitrogens is 5. The van der Waals surface area contributed by atoms with E-state index in [1.54, 1.807) is 33.7 Å². The molecular weight excluding hydrogens is 399 g/mol. The zero-order valence-corrected chi connectivity index (χ0v) is 17.7. The molecule has 2 N–H and O–H groups in total. The van der Waals surface area contributed by atoms with Crippen LogP contribution in [-0.2, 0) is 6.42 Å². The number of benzene rings is 1. The van der Waals surface area contributed by atoms with Gasteiger partial charge in [0.2, 0.25) is 0 Å². The van der Waals surface area contributed by atoms with E-state index in [2.05, 4.69) is 20.2 Å². The number of aliphatic hydroxyl groups is 1. The van der Waals surface area contributed by atoms with Gasteiger partial charge in [-0.05, 0) is 43.2 Å². The van der Waals surface area contributed by atoms with Crippen molar-refractivity contribution in [3.63, 3.8) is 0 Å². The van der Waals surface area contributed by atoms with Gasteiger partial charge in [-0.2, -0.15) is 0 Å². The molecule has 0 aliphatic heterocycles. The number of carbonyl (C=O) groups excluding carboxylic acids is 1. The first kappa shape index (κ1) is 20.9. The molecule has 1 atom stereocenters. The molecule has 0 spiro atoms. The Balaban J connectivity index is 1.53. The number of aromatic amines is 1. The highest BCUT2D eigenvalue weighted by Crippen LogP contribution is 2.21. The van der Waals surface area contributed by atoms with Gasteiger partial charge < -0.3 is 15.0 Å². The van der Waals surface area contributed by atoms with E-state index in [4.69, 9.17) is 0 Å². The maximum atomic E-state index is 13.4. The van der Waals surface area contributed by atoms with Crippen molar-refractivity contribution in [2.45, 2.75) is 33.3 Å². The van der Waals surface area contributed by atoms with Crippen LogP contribution in [0.25, 0.3) is 16.7 Å². The molecule has 1 unspecified atom stereocenters. The summed E-state index contributed by atoms with van der Waals surface area (Å²) >= 11 is 0. The summed E-state index contributed by atoms with van der Waals surface area (Å²) in [7, 11) is 0. The van der Waals surface area contributed by atoms with Gasteiger partial charge in [-0.15, -0.1) is 10.2 Å². The van der Waals surface area contributed by atoms with Gasteiger partial charge in [-0.25, -0.2) is 9.37 Å². The summed E-state index contributed by atoms with van der Waals surface area (Å²) in [4.78, 5) is 22.4. The van der Waals surface area contributed by atoms with Gasteiger partial charge in [0.25, 0.3) is 5.91 Å². The molecule has 1 amide bonds. The first-order valence-corrected chi connectivity index (χ1v) is 10.3. The fourth-order valence-electron chi connectivity index (χ4n) is 3.51. The van der Waals surface area contributed by atoms with Crippen LogP contribution in [0.5, 0.6) is 0 Å². The Morgan fingerprint density at radius 2 is 2.06 bits per heavy atom. The Bertz CT molecular complexity index is 1230. The number of fused-ring (bicyclic) bond motifs is 2. The summed E-state index contributed by atoms with van der Waals surface area (Å²) in [6.45, 7) is 6.68. The number of imidazole rings is 1. The highest BCUT2D eigenvalue weighted by atomic mass is 19.1. The highest BCUT2D eigenvalue weighted by molar-refractivity contribution is 5.94. The minimum Gasteiger partial charge on any atom is -0.385 e. The van der Waals surface area contributed by atoms with Crippen molar-refractivity contribution in [3.05, 3.63) is 59.6 Å². The van der Waals surface area contributed by atoms with Gasteiger partial charge >= 0.3 is 0 Å². The minimum absolute atomic E-state index is 0.0313. The lowest BCUT2D eigenvalue weighted by atomic mass is 10.1. The zero-order valence-electron chi connectivity index (χ0n) is 17.7. The molecule has 0 saturated heterocycles. The average Bonchev–Trinajstić information content (AvgIpc) is 3.36. The van der Waals surface area contributed by atoms with Crippen LogP contribution in [0, 0.1) is 11.7 Å². The van der Waals surface area contributed by atoms with Crippen LogP contribution in [0.15, 0.2) is 36.5 Å². The molecule has 0 fully saturated rings. The van der Waals surface area contributed by atoms with E-state index >= 15 is 0 Å². The Morgan fingerprint density at radius 1 is 1.26 bits per heavy atom. The smallest absolute Gasteiger partial charge is 0.255 e. The van der Waals surface area contributed by atoms with Crippen LogP contribution in [0.2, 0.25) is 0 Å². The first-order chi connectivity index (χ1) is 14.9. The van der Waals surface area contributed by atoms with E-state index in [1.807, 2.05) is 20.8 Å². The van der Waals surface area contributed by atoms with Crippen molar-refractivity contribution >= 4 is 22.6 Å². The maximum absolute atomic E-state index is 13.4. The third kappa shape index (κ3) is 4.13. The Kier molecular flexibility index (Phi) is 5.69. The van der Waals surface area contributed by atoms with Gasteiger partial charge in [-0.1, -0.05) is 13.8 Å². The average molecular weight is 424 g/mol. The molecule has 0 saturated carbocycles. The lowest BCUT2D eigenvalue weighted by Crippen LogP contribution is -2.33. The zero-order chi connectivity index (χ0) is 22.1. The fourth-order valence-corrected chi connectivity index (χ4v) is 3.51. The second kappa shape index (κ2) is 8.43. The summed E-state index contributed by atoms with van der Waals surface area (Å²) in [6, 6.07) is 7.85. The number of nitrogens with zero attached hydrogens (tertiary/aromatic N) is 5. The monoisotopic (exact) mass is 424 g/mol. The first-order valence-electron chi connectivity index (χ1n) is 10.3. The fraction of sp³-hybridized carbons (Fsp3) is 0.364. The summed E-state index contributed by atoms with van der Waals surface area (Å²) in [6.07, 6.45) is 1.41. The van der Waals surface area contributed by atoms with Gasteiger partial charge in [-0.3, -0.25) is 9.20 Å². The van der Waals surface area contributed by atoms with Crippen molar-refractivity contribution in [1.82, 2.24) is 29.5 Å². The summed E-state index contributed by atoms with van der Waals surface area (Å²) < 4.78 is 15.1. The molecule has 0 bridgehead atoms. The van der Waals surface area contributed by atoms with Gasteiger partial charge in [0, 0.05) is 25.7 Å². The molecule has 0 radical (unpaired) electrons. The number of H-pyrrole nitrogens is 1. The molecule has 9 heteroatoms. The van der Waals surface area contributed by atoms with Crippen molar-refractivity contribution < 1.29 is 14.3 Å². The Morgan fingerprint density at radius 3 is 2.81 bits per heavy atom. The summed E-state index contributed by atoms with van der Waals surface area (Å²) in [5.41, 5.74) is 2.39. The molecule has 3 heterocycles. The lowest BCUT2D eigenvalue weighted by Gasteiger charge is -2.20. The largest absolute Gasteiger partial charge is 0.385 e. The van der Waals surface area contributed by atoms with Crippen LogP contribution in [0.3, 0.4) is 0 Å². The molecule has 3 aromatic heterocycles. The quantitative estimate of drug-likeness (QED) is 0.475. The van der Waals surface area contributed by atoms with Crippen LogP contribution in [0.1, 0.15) is 48.9 Å². The van der Waals surface area contributed by atoms with Crippen molar-refractivity contribution in [2.75, 3.05) is 13.1 Å². The second-order valence-electron chi connectivity index (χ2n) is 7.87. The third-order valence-corrected chi connectivity index (χ3v) is 5.35. The van der Waals surface area contributed by atoms with E-state index in [0.717, 1.165) is 0 Å². The normalized spacial score (nSPS) is 12.7. The predicted molar refractivity (Wildman–Crippen MR) is 114 cm³/mol. The van der Waals surface area contributed by atoms with Crippen molar-refractivity contribution in [3.8, 4) is 0 Å². The lowest BCUT2D eigenvalue weighted by molar-refractivity contribution is 0.0764. The number of rotatable bonds is 7. The number of likely N-dealkylation sites (N-methyl/N-ethyl adjacent to an activating group) is 1. The van der Waals surface area contributed by atoms with Gasteiger partial charge in [0.15, 0.2) is 11.5 Å². The standard InChI is InChI=1S/C22H25FN6O2/c1-4-28(10-9-18-24-16-7-6-15(23)11-17(16)25-18)22(31)14-5-8-19-26-27-21(29(19)12-14)20(30)13(2)3/h5-8,11-13,20,30H,4,9-10H2,1-3H3,(H,24,25). The van der Waals surface area contributed by atoms with Gasteiger partial charge in [0.1, 0.15) is 17.7 Å². The van der Waals surface area contributed by atoms with E-state index in [-0.39, 0.29) is 17.6 Å². The second-order valence-corrected chi connectivity index (χ2v) is 7.87. The molecular formula is C22H25FN6O2. The van der Waals surface area contributed by atoms with Crippen LogP contribution < -0.4 is 0 Å². The molecule has 0 aliphatic rings. The molecule has 4 rings (SSSR count). The van der Waals surface area contributed by atoms with Crippen LogP contribution in [0.4, 0.5) is 4.39 Å². The van der Waals surface area contributed by atoms with E-state index in [9.17, 15) is 14.3 Å². The number of nitrogens with one attached hydrogen (secondary N) is 1. The molecule has 8 nitrogen and oxygen atoms in total. The molecule has 4 aromatic rings. The van der Waals surface area contributed by atoms with Gasteiger partial charge in [0.05, 0.1) is 16.6 Å². The number of halogens is 1. The minimum atomic E-state index is -0.777.